The van der Waals surface area contributed by atoms with Crippen LogP contribution in [-0.2, 0) is 0 Å². The first kappa shape index (κ1) is 16.0. The van der Waals surface area contributed by atoms with E-state index in [0.717, 1.165) is 0 Å². The molecule has 0 aromatic carbocycles. The quantitative estimate of drug-likeness (QED) is 0.722. The molecule has 3 heteroatoms. The Labute approximate surface area is 129 Å². The van der Waals surface area contributed by atoms with Crippen molar-refractivity contribution in [3.8, 4) is 0 Å². The molecule has 1 nitrogen and oxygen atoms in total. The Balaban J connectivity index is 2.52. The van der Waals surface area contributed by atoms with Crippen LogP contribution in [-0.4, -0.2) is 13.8 Å². The highest BCUT2D eigenvalue weighted by molar-refractivity contribution is 7.13. The second kappa shape index (κ2) is 4.82. The first-order chi connectivity index (χ1) is 8.96. The highest BCUT2D eigenvalue weighted by Gasteiger charge is 2.43. The van der Waals surface area contributed by atoms with E-state index in [9.17, 15) is 0 Å². The minimum absolute atomic E-state index is 0.189. The first-order valence-corrected chi connectivity index (χ1v) is 11.4. The fraction of sp³-hybridized carbons (Fsp3) is 0.647. The zero-order valence-electron chi connectivity index (χ0n) is 14.5. The number of rotatable bonds is 2. The molecule has 1 aromatic rings. The molecular formula is C17H29NSSi. The lowest BCUT2D eigenvalue weighted by molar-refractivity contribution is 0.508. The summed E-state index contributed by atoms with van der Waals surface area (Å²) < 4.78 is 0. The van der Waals surface area contributed by atoms with Crippen molar-refractivity contribution in [3.05, 3.63) is 26.5 Å². The Morgan fingerprint density at radius 3 is 2.10 bits per heavy atom. The van der Waals surface area contributed by atoms with Gasteiger partial charge in [0.05, 0.1) is 0 Å². The van der Waals surface area contributed by atoms with E-state index < -0.39 is 8.24 Å². The molecule has 112 valence electrons. The third kappa shape index (κ3) is 2.56. The van der Waals surface area contributed by atoms with E-state index in [0.29, 0.717) is 5.54 Å². The van der Waals surface area contributed by atoms with Crippen molar-refractivity contribution in [3.63, 3.8) is 0 Å². The van der Waals surface area contributed by atoms with Crippen LogP contribution in [0.5, 0.6) is 0 Å². The summed E-state index contributed by atoms with van der Waals surface area (Å²) in [6, 6.07) is 0. The summed E-state index contributed by atoms with van der Waals surface area (Å²) in [6.45, 7) is 21.0. The summed E-state index contributed by atoms with van der Waals surface area (Å²) >= 11 is 2.03. The van der Waals surface area contributed by atoms with E-state index in [1.54, 1.807) is 16.0 Å². The zero-order valence-corrected chi connectivity index (χ0v) is 16.3. The molecule has 0 saturated heterocycles. The van der Waals surface area contributed by atoms with Crippen LogP contribution in [0.2, 0.25) is 13.1 Å². The maximum absolute atomic E-state index is 3.97. The van der Waals surface area contributed by atoms with Crippen LogP contribution in [0.25, 0.3) is 5.57 Å². The monoisotopic (exact) mass is 307 g/mol. The summed E-state index contributed by atoms with van der Waals surface area (Å²) in [4.78, 5) is 7.09. The van der Waals surface area contributed by atoms with E-state index in [4.69, 9.17) is 0 Å². The minimum Gasteiger partial charge on any atom is -0.332 e. The van der Waals surface area contributed by atoms with Crippen molar-refractivity contribution in [2.45, 2.75) is 72.6 Å². The number of aryl methyl sites for hydroxylation is 1. The molecular weight excluding hydrogens is 278 g/mol. The Bertz CT molecular complexity index is 573. The number of allylic oxidation sites excluding steroid dienone is 2. The molecule has 1 aliphatic rings. The van der Waals surface area contributed by atoms with Crippen LogP contribution in [0.3, 0.4) is 0 Å². The molecule has 1 aromatic heterocycles. The first-order valence-electron chi connectivity index (χ1n) is 7.52. The third-order valence-electron chi connectivity index (χ3n) is 4.49. The van der Waals surface area contributed by atoms with E-state index in [-0.39, 0.29) is 5.54 Å². The van der Waals surface area contributed by atoms with Crippen molar-refractivity contribution in [1.29, 1.82) is 0 Å². The number of thiophene rings is 1. The molecule has 0 aliphatic heterocycles. The molecule has 0 saturated carbocycles. The van der Waals surface area contributed by atoms with Gasteiger partial charge in [0.25, 0.3) is 0 Å². The second-order valence-electron chi connectivity index (χ2n) is 7.86. The Morgan fingerprint density at radius 2 is 1.60 bits per heavy atom. The number of nitrogens with one attached hydrogen (secondary N) is 1. The number of hydrogen-bond donors (Lipinski definition) is 1. The van der Waals surface area contributed by atoms with Gasteiger partial charge in [-0.3, -0.25) is 0 Å². The maximum atomic E-state index is 3.97. The topological polar surface area (TPSA) is 12.0 Å². The van der Waals surface area contributed by atoms with Crippen molar-refractivity contribution in [2.24, 2.45) is 0 Å². The van der Waals surface area contributed by atoms with Crippen LogP contribution in [0, 0.1) is 13.8 Å². The van der Waals surface area contributed by atoms with E-state index in [2.05, 4.69) is 66.5 Å². The molecule has 1 aliphatic carbocycles. The van der Waals surface area contributed by atoms with Crippen molar-refractivity contribution >= 4 is 25.1 Å². The molecule has 1 heterocycles. The summed E-state index contributed by atoms with van der Waals surface area (Å²) in [5.74, 6) is 0. The molecule has 0 spiro atoms. The molecule has 0 fully saturated rings. The predicted octanol–water partition coefficient (Wildman–Crippen LogP) is 5.39. The molecule has 1 unspecified atom stereocenters. The van der Waals surface area contributed by atoms with E-state index in [1.165, 1.54) is 16.0 Å². The van der Waals surface area contributed by atoms with Gasteiger partial charge in [-0.1, -0.05) is 18.7 Å². The van der Waals surface area contributed by atoms with Gasteiger partial charge in [0, 0.05) is 20.8 Å². The van der Waals surface area contributed by atoms with Gasteiger partial charge in [-0.05, 0) is 65.2 Å². The number of fused-ring (bicyclic) bond motifs is 1. The van der Waals surface area contributed by atoms with Gasteiger partial charge in [-0.2, -0.15) is 0 Å². The summed E-state index contributed by atoms with van der Waals surface area (Å²) in [7, 11) is -1.57. The summed E-state index contributed by atoms with van der Waals surface area (Å²) in [6.07, 6.45) is 0. The maximum Gasteiger partial charge on any atom is 0.132 e. The highest BCUT2D eigenvalue weighted by Crippen LogP contribution is 2.51. The normalized spacial score (nSPS) is 19.8. The Morgan fingerprint density at radius 1 is 1.05 bits per heavy atom. The highest BCUT2D eigenvalue weighted by atomic mass is 32.1. The average Bonchev–Trinajstić information content (AvgIpc) is 2.62. The SMILES string of the molecule is CC1=C(C)C([Si](C)(C)NC(C)(C)C)c2sc(C)c(C)c21. The molecule has 1 N–H and O–H groups in total. The molecule has 0 radical (unpaired) electrons. The predicted molar refractivity (Wildman–Crippen MR) is 95.2 cm³/mol. The van der Waals surface area contributed by atoms with Gasteiger partial charge in [-0.15, -0.1) is 11.3 Å². The summed E-state index contributed by atoms with van der Waals surface area (Å²) in [5, 5.41) is 0. The van der Waals surface area contributed by atoms with Crippen molar-refractivity contribution in [1.82, 2.24) is 4.98 Å². The largest absolute Gasteiger partial charge is 0.332 e. The van der Waals surface area contributed by atoms with E-state index in [1.807, 2.05) is 11.3 Å². The van der Waals surface area contributed by atoms with E-state index >= 15 is 0 Å². The third-order valence-corrected chi connectivity index (χ3v) is 9.53. The van der Waals surface area contributed by atoms with Gasteiger partial charge in [0.1, 0.15) is 8.24 Å². The minimum atomic E-state index is -1.57. The lowest BCUT2D eigenvalue weighted by Crippen LogP contribution is -2.57. The number of hydrogen-bond acceptors (Lipinski definition) is 2. The second-order valence-corrected chi connectivity index (χ2v) is 13.4. The Hall–Kier alpha value is -0.383. The van der Waals surface area contributed by atoms with Gasteiger partial charge in [0.15, 0.2) is 0 Å². The lowest BCUT2D eigenvalue weighted by atomic mass is 10.1. The van der Waals surface area contributed by atoms with Gasteiger partial charge < -0.3 is 4.98 Å². The lowest BCUT2D eigenvalue weighted by Gasteiger charge is -2.38. The fourth-order valence-electron chi connectivity index (χ4n) is 3.84. The van der Waals surface area contributed by atoms with Crippen LogP contribution in [0.1, 0.15) is 61.0 Å². The molecule has 0 bridgehead atoms. The van der Waals surface area contributed by atoms with Gasteiger partial charge >= 0.3 is 0 Å². The van der Waals surface area contributed by atoms with Crippen molar-refractivity contribution < 1.29 is 0 Å². The van der Waals surface area contributed by atoms with Crippen LogP contribution in [0.15, 0.2) is 5.57 Å². The summed E-state index contributed by atoms with van der Waals surface area (Å²) in [5.41, 5.74) is 7.02. The van der Waals surface area contributed by atoms with Crippen LogP contribution in [0.4, 0.5) is 0 Å². The van der Waals surface area contributed by atoms with Gasteiger partial charge in [-0.25, -0.2) is 0 Å². The fourth-order valence-corrected chi connectivity index (χ4v) is 10.4. The van der Waals surface area contributed by atoms with Crippen LogP contribution >= 0.6 is 11.3 Å². The molecule has 1 atom stereocenters. The molecule has 2 rings (SSSR count). The van der Waals surface area contributed by atoms with Crippen LogP contribution < -0.4 is 4.98 Å². The zero-order chi connectivity index (χ0) is 15.5. The van der Waals surface area contributed by atoms with Gasteiger partial charge in [0.2, 0.25) is 0 Å². The van der Waals surface area contributed by atoms with Crippen molar-refractivity contribution in [2.75, 3.05) is 0 Å². The molecule has 0 amide bonds. The molecule has 20 heavy (non-hydrogen) atoms. The smallest absolute Gasteiger partial charge is 0.132 e. The standard InChI is InChI=1S/C17H29NSSi/c1-10-11(2)16(20(8,9)18-17(5,6)7)15-14(10)12(3)13(4)19-15/h16,18H,1-9H3. The average molecular weight is 308 g/mol. The Kier molecular flexibility index (Phi) is 3.86.